The van der Waals surface area contributed by atoms with Crippen LogP contribution >= 0.6 is 11.3 Å². The van der Waals surface area contributed by atoms with Gasteiger partial charge in [-0.2, -0.15) is 0 Å². The molecule has 0 atom stereocenters. The van der Waals surface area contributed by atoms with E-state index in [1.807, 2.05) is 19.2 Å². The fourth-order valence-electron chi connectivity index (χ4n) is 1.64. The van der Waals surface area contributed by atoms with Crippen LogP contribution in [-0.4, -0.2) is 19.1 Å². The number of hydrogen-bond donors (Lipinski definition) is 1. The van der Waals surface area contributed by atoms with E-state index in [2.05, 4.69) is 27.8 Å². The first-order valence-corrected chi connectivity index (χ1v) is 6.45. The zero-order chi connectivity index (χ0) is 12.1. The predicted molar refractivity (Wildman–Crippen MR) is 72.1 cm³/mol. The van der Waals surface area contributed by atoms with Crippen LogP contribution in [0.1, 0.15) is 11.3 Å². The molecule has 4 heteroatoms. The van der Waals surface area contributed by atoms with Crippen molar-refractivity contribution in [3.63, 3.8) is 0 Å². The highest BCUT2D eigenvalue weighted by Gasteiger charge is 2.01. The van der Waals surface area contributed by atoms with Crippen molar-refractivity contribution in [1.29, 1.82) is 0 Å². The Balaban J connectivity index is 1.96. The highest BCUT2D eigenvalue weighted by Crippen LogP contribution is 2.18. The van der Waals surface area contributed by atoms with Gasteiger partial charge in [0.2, 0.25) is 0 Å². The van der Waals surface area contributed by atoms with E-state index in [1.54, 1.807) is 18.4 Å². The molecule has 90 valence electrons. The van der Waals surface area contributed by atoms with Gasteiger partial charge < -0.3 is 10.1 Å². The number of nitrogens with zero attached hydrogens (tertiary/aromatic N) is 1. The minimum atomic E-state index is 0.914. The van der Waals surface area contributed by atoms with Crippen molar-refractivity contribution in [2.75, 3.05) is 19.5 Å². The van der Waals surface area contributed by atoms with Crippen molar-refractivity contribution in [3.05, 3.63) is 40.9 Å². The first-order chi connectivity index (χ1) is 8.31. The molecule has 1 heterocycles. The summed E-state index contributed by atoms with van der Waals surface area (Å²) in [4.78, 5) is 4.46. The number of methoxy groups -OCH3 is 1. The second kappa shape index (κ2) is 5.68. The lowest BCUT2D eigenvalue weighted by Gasteiger charge is -2.03. The Bertz CT molecular complexity index is 482. The van der Waals surface area contributed by atoms with Crippen LogP contribution in [0.2, 0.25) is 0 Å². The number of nitrogens with one attached hydrogen (secondary N) is 1. The molecule has 2 rings (SSSR count). The quantitative estimate of drug-likeness (QED) is 0.883. The number of rotatable bonds is 5. The molecular weight excluding hydrogens is 232 g/mol. The molecule has 17 heavy (non-hydrogen) atoms. The largest absolute Gasteiger partial charge is 0.497 e. The number of thiazole rings is 1. The number of aryl methyl sites for hydroxylation is 2. The molecule has 1 aromatic carbocycles. The summed E-state index contributed by atoms with van der Waals surface area (Å²) in [5, 5.41) is 6.13. The van der Waals surface area contributed by atoms with E-state index < -0.39 is 0 Å². The molecule has 0 unspecified atom stereocenters. The summed E-state index contributed by atoms with van der Waals surface area (Å²) in [7, 11) is 3.59. The normalized spacial score (nSPS) is 10.2. The summed E-state index contributed by atoms with van der Waals surface area (Å²) in [5.41, 5.74) is 2.42. The van der Waals surface area contributed by atoms with Gasteiger partial charge in [0.25, 0.3) is 0 Å². The Hall–Kier alpha value is -1.55. The predicted octanol–water partition coefficient (Wildman–Crippen LogP) is 2.98. The van der Waals surface area contributed by atoms with Crippen molar-refractivity contribution >= 4 is 16.5 Å². The van der Waals surface area contributed by atoms with Crippen molar-refractivity contribution in [2.24, 2.45) is 0 Å². The van der Waals surface area contributed by atoms with Crippen LogP contribution in [-0.2, 0) is 12.8 Å². The van der Waals surface area contributed by atoms with E-state index in [1.165, 1.54) is 5.56 Å². The molecular formula is C13H16N2OS. The maximum Gasteiger partial charge on any atom is 0.182 e. The van der Waals surface area contributed by atoms with Crippen LogP contribution in [0.5, 0.6) is 5.75 Å². The first-order valence-electron chi connectivity index (χ1n) is 5.57. The Morgan fingerprint density at radius 1 is 1.35 bits per heavy atom. The van der Waals surface area contributed by atoms with Gasteiger partial charge in [0, 0.05) is 12.4 Å². The molecule has 0 fully saturated rings. The van der Waals surface area contributed by atoms with Crippen LogP contribution in [0.4, 0.5) is 5.13 Å². The average molecular weight is 248 g/mol. The third kappa shape index (κ3) is 3.20. The van der Waals surface area contributed by atoms with Gasteiger partial charge in [-0.15, -0.1) is 11.3 Å². The molecule has 2 aromatic rings. The lowest BCUT2D eigenvalue weighted by atomic mass is 10.1. The first kappa shape index (κ1) is 11.9. The van der Waals surface area contributed by atoms with E-state index >= 15 is 0 Å². The summed E-state index contributed by atoms with van der Waals surface area (Å²) >= 11 is 1.65. The number of anilines is 1. The average Bonchev–Trinajstić information content (AvgIpc) is 2.84. The number of benzene rings is 1. The molecule has 0 bridgehead atoms. The van der Waals surface area contributed by atoms with Crippen LogP contribution in [0.15, 0.2) is 29.6 Å². The van der Waals surface area contributed by atoms with Gasteiger partial charge in [0.05, 0.1) is 12.8 Å². The minimum Gasteiger partial charge on any atom is -0.497 e. The number of hydrogen-bond acceptors (Lipinski definition) is 4. The lowest BCUT2D eigenvalue weighted by molar-refractivity contribution is 0.414. The van der Waals surface area contributed by atoms with Gasteiger partial charge in [-0.25, -0.2) is 4.98 Å². The van der Waals surface area contributed by atoms with Crippen molar-refractivity contribution in [2.45, 2.75) is 12.8 Å². The molecule has 0 spiro atoms. The molecule has 3 nitrogen and oxygen atoms in total. The van der Waals surface area contributed by atoms with Gasteiger partial charge in [-0.3, -0.25) is 0 Å². The number of ether oxygens (including phenoxy) is 1. The molecule has 0 aliphatic heterocycles. The van der Waals surface area contributed by atoms with Crippen LogP contribution in [0, 0.1) is 0 Å². The molecule has 0 saturated carbocycles. The van der Waals surface area contributed by atoms with E-state index in [9.17, 15) is 0 Å². The van der Waals surface area contributed by atoms with Crippen molar-refractivity contribution < 1.29 is 4.74 Å². The molecule has 0 radical (unpaired) electrons. The topological polar surface area (TPSA) is 34.2 Å². The third-order valence-electron chi connectivity index (χ3n) is 2.57. The highest BCUT2D eigenvalue weighted by atomic mass is 32.1. The smallest absolute Gasteiger partial charge is 0.182 e. The SMILES string of the molecule is CNc1nc(CCc2cccc(OC)c2)cs1. The van der Waals surface area contributed by atoms with Crippen LogP contribution in [0.3, 0.4) is 0 Å². The second-order valence-corrected chi connectivity index (χ2v) is 4.60. The van der Waals surface area contributed by atoms with Gasteiger partial charge in [0.1, 0.15) is 5.75 Å². The monoisotopic (exact) mass is 248 g/mol. The van der Waals surface area contributed by atoms with Crippen molar-refractivity contribution in [3.8, 4) is 5.75 Å². The standard InChI is InChI=1S/C13H16N2OS/c1-14-13-15-11(9-17-13)7-6-10-4-3-5-12(8-10)16-2/h3-5,8-9H,6-7H2,1-2H3,(H,14,15). The number of aromatic nitrogens is 1. The minimum absolute atomic E-state index is 0.914. The zero-order valence-electron chi connectivity index (χ0n) is 10.1. The summed E-state index contributed by atoms with van der Waals surface area (Å²) in [6.45, 7) is 0. The van der Waals surface area contributed by atoms with Gasteiger partial charge in [0.15, 0.2) is 5.13 Å². The summed E-state index contributed by atoms with van der Waals surface area (Å²) in [6.07, 6.45) is 1.95. The maximum atomic E-state index is 5.20. The Morgan fingerprint density at radius 2 is 2.24 bits per heavy atom. The highest BCUT2D eigenvalue weighted by molar-refractivity contribution is 7.13. The van der Waals surface area contributed by atoms with E-state index in [4.69, 9.17) is 4.74 Å². The van der Waals surface area contributed by atoms with Crippen molar-refractivity contribution in [1.82, 2.24) is 4.98 Å². The van der Waals surface area contributed by atoms with Gasteiger partial charge >= 0.3 is 0 Å². The summed E-state index contributed by atoms with van der Waals surface area (Å²) < 4.78 is 5.20. The van der Waals surface area contributed by atoms with Gasteiger partial charge in [-0.1, -0.05) is 12.1 Å². The zero-order valence-corrected chi connectivity index (χ0v) is 10.9. The van der Waals surface area contributed by atoms with Gasteiger partial charge in [-0.05, 0) is 30.5 Å². The Kier molecular flexibility index (Phi) is 3.98. The van der Waals surface area contributed by atoms with E-state index in [-0.39, 0.29) is 0 Å². The lowest BCUT2D eigenvalue weighted by Crippen LogP contribution is -1.93. The van der Waals surface area contributed by atoms with E-state index in [0.29, 0.717) is 0 Å². The molecule has 1 aromatic heterocycles. The fraction of sp³-hybridized carbons (Fsp3) is 0.308. The molecule has 0 amide bonds. The summed E-state index contributed by atoms with van der Waals surface area (Å²) in [6, 6.07) is 8.18. The Morgan fingerprint density at radius 3 is 2.94 bits per heavy atom. The Labute approximate surface area is 105 Å². The van der Waals surface area contributed by atoms with Crippen LogP contribution in [0.25, 0.3) is 0 Å². The molecule has 0 aliphatic rings. The second-order valence-electron chi connectivity index (χ2n) is 3.75. The summed E-state index contributed by atoms with van der Waals surface area (Å²) in [5.74, 6) is 0.914. The third-order valence-corrected chi connectivity index (χ3v) is 3.48. The molecule has 0 aliphatic carbocycles. The molecule has 0 saturated heterocycles. The maximum absolute atomic E-state index is 5.20. The molecule has 1 N–H and O–H groups in total. The van der Waals surface area contributed by atoms with E-state index in [0.717, 1.165) is 29.4 Å². The fourth-order valence-corrected chi connectivity index (χ4v) is 2.34. The van der Waals surface area contributed by atoms with Crippen LogP contribution < -0.4 is 10.1 Å².